The fourth-order valence-corrected chi connectivity index (χ4v) is 3.69. The van der Waals surface area contributed by atoms with Crippen molar-refractivity contribution >= 4 is 15.9 Å². The molecule has 2 aromatic carbocycles. The van der Waals surface area contributed by atoms with E-state index in [1.165, 1.54) is 27.8 Å². The Morgan fingerprint density at radius 1 is 0.900 bits per heavy atom. The van der Waals surface area contributed by atoms with Gasteiger partial charge in [-0.15, -0.1) is 0 Å². The molecule has 2 aromatic rings. The zero-order chi connectivity index (χ0) is 15.0. The molecule has 0 aromatic heterocycles. The molecular weight excluding hydrogens is 315 g/mol. The van der Waals surface area contributed by atoms with E-state index < -0.39 is 0 Å². The van der Waals surface area contributed by atoms with Crippen LogP contribution in [0.2, 0.25) is 0 Å². The van der Waals surface area contributed by atoms with Crippen molar-refractivity contribution in [1.82, 2.24) is 0 Å². The molecular formula is C18H20BrF. The van der Waals surface area contributed by atoms with Gasteiger partial charge in [0.15, 0.2) is 0 Å². The highest BCUT2D eigenvalue weighted by Gasteiger charge is 2.21. The Morgan fingerprint density at radius 3 is 2.00 bits per heavy atom. The molecule has 0 amide bonds. The zero-order valence-corrected chi connectivity index (χ0v) is 14.2. The van der Waals surface area contributed by atoms with Gasteiger partial charge in [-0.25, -0.2) is 4.39 Å². The van der Waals surface area contributed by atoms with Gasteiger partial charge >= 0.3 is 0 Å². The molecule has 0 N–H and O–H groups in total. The molecule has 0 radical (unpaired) electrons. The second kappa shape index (κ2) is 5.69. The van der Waals surface area contributed by atoms with Crippen molar-refractivity contribution in [1.29, 1.82) is 0 Å². The van der Waals surface area contributed by atoms with Crippen molar-refractivity contribution in [2.45, 2.75) is 39.4 Å². The van der Waals surface area contributed by atoms with Gasteiger partial charge < -0.3 is 0 Å². The Hall–Kier alpha value is -1.15. The molecule has 2 rings (SSSR count). The SMILES string of the molecule is Cc1cc(C)c(C)c(C(Br)c2cccc(C)c2F)c1C. The Labute approximate surface area is 129 Å². The van der Waals surface area contributed by atoms with E-state index >= 15 is 0 Å². The Kier molecular flexibility index (Phi) is 4.33. The molecule has 0 spiro atoms. The van der Waals surface area contributed by atoms with Crippen molar-refractivity contribution in [3.05, 3.63) is 69.0 Å². The number of alkyl halides is 1. The summed E-state index contributed by atoms with van der Waals surface area (Å²) in [5, 5.41) is 0. The average molecular weight is 335 g/mol. The van der Waals surface area contributed by atoms with Crippen LogP contribution >= 0.6 is 15.9 Å². The topological polar surface area (TPSA) is 0 Å². The quantitative estimate of drug-likeness (QED) is 0.604. The lowest BCUT2D eigenvalue weighted by Crippen LogP contribution is -2.05. The highest BCUT2D eigenvalue weighted by atomic mass is 79.9. The van der Waals surface area contributed by atoms with Gasteiger partial charge in [-0.3, -0.25) is 0 Å². The van der Waals surface area contributed by atoms with Crippen LogP contribution in [0.3, 0.4) is 0 Å². The van der Waals surface area contributed by atoms with Gasteiger partial charge in [0.25, 0.3) is 0 Å². The molecule has 0 bridgehead atoms. The monoisotopic (exact) mass is 334 g/mol. The minimum absolute atomic E-state index is 0.110. The van der Waals surface area contributed by atoms with Crippen LogP contribution < -0.4 is 0 Å². The third-order valence-corrected chi connectivity index (χ3v) is 5.12. The van der Waals surface area contributed by atoms with Crippen LogP contribution in [0.15, 0.2) is 24.3 Å². The second-order valence-electron chi connectivity index (χ2n) is 5.51. The fourth-order valence-electron chi connectivity index (χ4n) is 2.65. The molecule has 0 nitrogen and oxygen atoms in total. The summed E-state index contributed by atoms with van der Waals surface area (Å²) in [5.41, 5.74) is 7.55. The van der Waals surface area contributed by atoms with E-state index in [1.54, 1.807) is 13.0 Å². The largest absolute Gasteiger partial charge is 0.206 e. The number of rotatable bonds is 2. The van der Waals surface area contributed by atoms with Crippen LogP contribution in [0.25, 0.3) is 0 Å². The molecule has 0 fully saturated rings. The van der Waals surface area contributed by atoms with Gasteiger partial charge in [0.1, 0.15) is 5.82 Å². The number of hydrogen-bond acceptors (Lipinski definition) is 0. The molecule has 2 heteroatoms. The van der Waals surface area contributed by atoms with Crippen molar-refractivity contribution < 1.29 is 4.39 Å². The maximum absolute atomic E-state index is 14.4. The molecule has 1 atom stereocenters. The third kappa shape index (κ3) is 2.54. The summed E-state index contributed by atoms with van der Waals surface area (Å²) in [6, 6.07) is 7.77. The Morgan fingerprint density at radius 2 is 1.45 bits per heavy atom. The van der Waals surface area contributed by atoms with Gasteiger partial charge in [0, 0.05) is 5.56 Å². The van der Waals surface area contributed by atoms with Crippen LogP contribution in [0.5, 0.6) is 0 Å². The summed E-state index contributed by atoms with van der Waals surface area (Å²) in [6.45, 7) is 10.2. The minimum atomic E-state index is -0.118. The lowest BCUT2D eigenvalue weighted by atomic mass is 9.89. The fraction of sp³-hybridized carbons (Fsp3) is 0.333. The predicted octanol–water partition coefficient (Wildman–Crippen LogP) is 5.85. The summed E-state index contributed by atoms with van der Waals surface area (Å²) in [4.78, 5) is -0.110. The third-order valence-electron chi connectivity index (χ3n) is 4.17. The highest BCUT2D eigenvalue weighted by molar-refractivity contribution is 9.09. The molecule has 1 unspecified atom stereocenters. The molecule has 20 heavy (non-hydrogen) atoms. The second-order valence-corrected chi connectivity index (χ2v) is 6.43. The summed E-state index contributed by atoms with van der Waals surface area (Å²) in [6.07, 6.45) is 0. The van der Waals surface area contributed by atoms with Gasteiger partial charge in [0.05, 0.1) is 4.83 Å². The van der Waals surface area contributed by atoms with Crippen LogP contribution in [0.1, 0.15) is 43.8 Å². The van der Waals surface area contributed by atoms with Crippen molar-refractivity contribution in [3.63, 3.8) is 0 Å². The lowest BCUT2D eigenvalue weighted by molar-refractivity contribution is 0.604. The van der Waals surface area contributed by atoms with E-state index in [0.29, 0.717) is 11.1 Å². The van der Waals surface area contributed by atoms with Gasteiger partial charge in [0.2, 0.25) is 0 Å². The first-order valence-corrected chi connectivity index (χ1v) is 7.72. The van der Waals surface area contributed by atoms with Gasteiger partial charge in [-0.05, 0) is 68.0 Å². The van der Waals surface area contributed by atoms with Gasteiger partial charge in [-0.2, -0.15) is 0 Å². The minimum Gasteiger partial charge on any atom is -0.206 e. The molecule has 0 saturated heterocycles. The molecule has 0 aliphatic heterocycles. The van der Waals surface area contributed by atoms with Crippen molar-refractivity contribution in [3.8, 4) is 0 Å². The van der Waals surface area contributed by atoms with E-state index in [4.69, 9.17) is 0 Å². The standard InChI is InChI=1S/C18H20BrF/c1-10-7-6-8-15(18(10)20)17(19)16-13(4)11(2)9-12(3)14(16)5/h6-9,17H,1-5H3. The smallest absolute Gasteiger partial charge is 0.130 e. The summed E-state index contributed by atoms with van der Waals surface area (Å²) in [7, 11) is 0. The molecule has 0 heterocycles. The van der Waals surface area contributed by atoms with Gasteiger partial charge in [-0.1, -0.05) is 40.2 Å². The van der Waals surface area contributed by atoms with Crippen molar-refractivity contribution in [2.24, 2.45) is 0 Å². The van der Waals surface area contributed by atoms with Crippen molar-refractivity contribution in [2.75, 3.05) is 0 Å². The first-order chi connectivity index (χ1) is 9.34. The lowest BCUT2D eigenvalue weighted by Gasteiger charge is -2.21. The van der Waals surface area contributed by atoms with E-state index in [2.05, 4.69) is 49.7 Å². The first-order valence-electron chi connectivity index (χ1n) is 6.81. The highest BCUT2D eigenvalue weighted by Crippen LogP contribution is 2.38. The molecule has 106 valence electrons. The number of aryl methyl sites for hydroxylation is 3. The number of benzene rings is 2. The van der Waals surface area contributed by atoms with E-state index in [9.17, 15) is 4.39 Å². The summed E-state index contributed by atoms with van der Waals surface area (Å²) >= 11 is 3.71. The maximum atomic E-state index is 14.4. The Bertz CT molecular complexity index is 633. The van der Waals surface area contributed by atoms with E-state index in [0.717, 1.165) is 0 Å². The molecule has 0 aliphatic rings. The van der Waals surface area contributed by atoms with Crippen LogP contribution in [0, 0.1) is 40.4 Å². The molecule has 0 aliphatic carbocycles. The van der Waals surface area contributed by atoms with E-state index in [1.807, 2.05) is 12.1 Å². The normalized spacial score (nSPS) is 12.6. The molecule has 0 saturated carbocycles. The maximum Gasteiger partial charge on any atom is 0.130 e. The number of halogens is 2. The first kappa shape index (κ1) is 15.2. The summed E-state index contributed by atoms with van der Waals surface area (Å²) < 4.78 is 14.4. The van der Waals surface area contributed by atoms with E-state index in [-0.39, 0.29) is 10.6 Å². The Balaban J connectivity index is 2.65. The summed E-state index contributed by atoms with van der Waals surface area (Å²) in [5.74, 6) is -0.118. The average Bonchev–Trinajstić information content (AvgIpc) is 2.40. The van der Waals surface area contributed by atoms with Crippen LogP contribution in [0.4, 0.5) is 4.39 Å². The number of hydrogen-bond donors (Lipinski definition) is 0. The van der Waals surface area contributed by atoms with Crippen LogP contribution in [-0.4, -0.2) is 0 Å². The predicted molar refractivity (Wildman–Crippen MR) is 87.3 cm³/mol. The van der Waals surface area contributed by atoms with Crippen LogP contribution in [-0.2, 0) is 0 Å². The zero-order valence-electron chi connectivity index (χ0n) is 12.6.